The van der Waals surface area contributed by atoms with E-state index in [2.05, 4.69) is 11.9 Å². The van der Waals surface area contributed by atoms with Crippen molar-refractivity contribution in [3.8, 4) is 5.75 Å². The molecule has 0 unspecified atom stereocenters. The summed E-state index contributed by atoms with van der Waals surface area (Å²) >= 11 is 11.8. The molecule has 0 bridgehead atoms. The summed E-state index contributed by atoms with van der Waals surface area (Å²) in [5, 5.41) is 3.56. The summed E-state index contributed by atoms with van der Waals surface area (Å²) in [5.41, 5.74) is 1.02. The maximum atomic E-state index is 12.1. The molecule has 0 fully saturated rings. The van der Waals surface area contributed by atoms with E-state index in [1.807, 2.05) is 0 Å². The van der Waals surface area contributed by atoms with Crippen molar-refractivity contribution >= 4 is 34.8 Å². The number of nitrogens with one attached hydrogen (secondary N) is 1. The van der Waals surface area contributed by atoms with Crippen LogP contribution in [0.15, 0.2) is 55.1 Å². The van der Waals surface area contributed by atoms with Crippen LogP contribution >= 0.6 is 23.2 Å². The highest BCUT2D eigenvalue weighted by molar-refractivity contribution is 6.37. The molecule has 0 heterocycles. The molecule has 0 radical (unpaired) electrons. The lowest BCUT2D eigenvalue weighted by molar-refractivity contribution is 0.102. The Morgan fingerprint density at radius 2 is 1.90 bits per heavy atom. The molecule has 0 spiro atoms. The Morgan fingerprint density at radius 3 is 2.52 bits per heavy atom. The minimum atomic E-state index is -0.295. The molecule has 0 atom stereocenters. The van der Waals surface area contributed by atoms with E-state index in [4.69, 9.17) is 27.9 Å². The monoisotopic (exact) mass is 321 g/mol. The molecule has 108 valence electrons. The average Bonchev–Trinajstić information content (AvgIpc) is 2.46. The first-order chi connectivity index (χ1) is 10.1. The predicted molar refractivity (Wildman–Crippen MR) is 86.5 cm³/mol. The van der Waals surface area contributed by atoms with Gasteiger partial charge in [-0.2, -0.15) is 0 Å². The van der Waals surface area contributed by atoms with E-state index < -0.39 is 0 Å². The Balaban J connectivity index is 2.07. The van der Waals surface area contributed by atoms with Crippen LogP contribution in [0.25, 0.3) is 0 Å². The molecule has 0 aliphatic heterocycles. The first kappa shape index (κ1) is 15.4. The van der Waals surface area contributed by atoms with Crippen molar-refractivity contribution in [3.05, 3.63) is 70.7 Å². The Bertz CT molecular complexity index is 654. The van der Waals surface area contributed by atoms with Crippen molar-refractivity contribution in [3.63, 3.8) is 0 Å². The predicted octanol–water partition coefficient (Wildman–Crippen LogP) is 4.81. The normalized spacial score (nSPS) is 10.0. The minimum Gasteiger partial charge on any atom is -0.490 e. The number of halogens is 2. The van der Waals surface area contributed by atoms with Gasteiger partial charge in [0, 0.05) is 10.7 Å². The molecule has 1 amide bonds. The molecule has 2 aromatic carbocycles. The Kier molecular flexibility index (Phi) is 5.26. The van der Waals surface area contributed by atoms with Crippen LogP contribution in [0.3, 0.4) is 0 Å². The summed E-state index contributed by atoms with van der Waals surface area (Å²) in [7, 11) is 0. The first-order valence-electron chi connectivity index (χ1n) is 6.20. The van der Waals surface area contributed by atoms with E-state index in [0.29, 0.717) is 33.7 Å². The van der Waals surface area contributed by atoms with E-state index in [1.165, 1.54) is 6.07 Å². The lowest BCUT2D eigenvalue weighted by Crippen LogP contribution is -2.12. The number of hydrogen-bond donors (Lipinski definition) is 1. The van der Waals surface area contributed by atoms with Crippen molar-refractivity contribution in [2.45, 2.75) is 0 Å². The summed E-state index contributed by atoms with van der Waals surface area (Å²) in [4.78, 5) is 12.1. The van der Waals surface area contributed by atoms with Gasteiger partial charge >= 0.3 is 0 Å². The van der Waals surface area contributed by atoms with Crippen LogP contribution in [0, 0.1) is 0 Å². The Hall–Kier alpha value is -1.97. The van der Waals surface area contributed by atoms with Crippen molar-refractivity contribution < 1.29 is 9.53 Å². The van der Waals surface area contributed by atoms with Crippen LogP contribution in [-0.4, -0.2) is 12.5 Å². The van der Waals surface area contributed by atoms with Gasteiger partial charge in [-0.05, 0) is 42.5 Å². The number of amides is 1. The van der Waals surface area contributed by atoms with Crippen LogP contribution in [0.5, 0.6) is 5.75 Å². The van der Waals surface area contributed by atoms with Gasteiger partial charge in [-0.15, -0.1) is 0 Å². The number of carbonyl (C=O) groups is 1. The number of rotatable bonds is 5. The third-order valence-corrected chi connectivity index (χ3v) is 3.20. The summed E-state index contributed by atoms with van der Waals surface area (Å²) in [6, 6.07) is 11.8. The van der Waals surface area contributed by atoms with Crippen LogP contribution in [0.1, 0.15) is 10.4 Å². The molecular formula is C16H13Cl2NO2. The second kappa shape index (κ2) is 7.16. The van der Waals surface area contributed by atoms with Gasteiger partial charge in [0.15, 0.2) is 0 Å². The zero-order chi connectivity index (χ0) is 15.2. The van der Waals surface area contributed by atoms with E-state index in [9.17, 15) is 4.79 Å². The second-order valence-corrected chi connectivity index (χ2v) is 5.05. The van der Waals surface area contributed by atoms with Crippen molar-refractivity contribution in [1.82, 2.24) is 0 Å². The van der Waals surface area contributed by atoms with Gasteiger partial charge in [-0.1, -0.05) is 35.9 Å². The molecule has 5 heteroatoms. The summed E-state index contributed by atoms with van der Waals surface area (Å²) in [5.74, 6) is 0.411. The highest BCUT2D eigenvalue weighted by Gasteiger charge is 2.10. The van der Waals surface area contributed by atoms with Gasteiger partial charge in [0.25, 0.3) is 5.91 Å². The van der Waals surface area contributed by atoms with E-state index in [-0.39, 0.29) is 5.91 Å². The topological polar surface area (TPSA) is 38.3 Å². The van der Waals surface area contributed by atoms with Gasteiger partial charge in [0.1, 0.15) is 12.4 Å². The van der Waals surface area contributed by atoms with Crippen LogP contribution in [0.2, 0.25) is 10.0 Å². The van der Waals surface area contributed by atoms with Crippen molar-refractivity contribution in [1.29, 1.82) is 0 Å². The molecule has 2 rings (SSSR count). The molecule has 0 saturated carbocycles. The van der Waals surface area contributed by atoms with E-state index >= 15 is 0 Å². The van der Waals surface area contributed by atoms with Gasteiger partial charge in [0.2, 0.25) is 0 Å². The maximum absolute atomic E-state index is 12.1. The number of anilines is 1. The fraction of sp³-hybridized carbons (Fsp3) is 0.0625. The highest BCUT2D eigenvalue weighted by Crippen LogP contribution is 2.22. The summed E-state index contributed by atoms with van der Waals surface area (Å²) in [6.07, 6.45) is 1.66. The number of benzene rings is 2. The molecule has 3 nitrogen and oxygen atoms in total. The molecule has 0 aliphatic rings. The zero-order valence-electron chi connectivity index (χ0n) is 11.1. The largest absolute Gasteiger partial charge is 0.490 e. The molecule has 0 aromatic heterocycles. The van der Waals surface area contributed by atoms with E-state index in [1.54, 1.807) is 42.5 Å². The fourth-order valence-corrected chi connectivity index (χ4v) is 2.16. The SMILES string of the molecule is C=CCOc1ccc(NC(=O)c2ccc(Cl)cc2Cl)cc1. The third kappa shape index (κ3) is 4.25. The van der Waals surface area contributed by atoms with Crippen LogP contribution in [0.4, 0.5) is 5.69 Å². The average molecular weight is 322 g/mol. The van der Waals surface area contributed by atoms with E-state index in [0.717, 1.165) is 0 Å². The molecule has 21 heavy (non-hydrogen) atoms. The minimum absolute atomic E-state index is 0.295. The summed E-state index contributed by atoms with van der Waals surface area (Å²) < 4.78 is 5.37. The zero-order valence-corrected chi connectivity index (χ0v) is 12.6. The van der Waals surface area contributed by atoms with Crippen LogP contribution in [-0.2, 0) is 0 Å². The highest BCUT2D eigenvalue weighted by atomic mass is 35.5. The Morgan fingerprint density at radius 1 is 1.19 bits per heavy atom. The molecule has 2 aromatic rings. The second-order valence-electron chi connectivity index (χ2n) is 4.20. The Labute approximate surface area is 133 Å². The smallest absolute Gasteiger partial charge is 0.257 e. The molecular weight excluding hydrogens is 309 g/mol. The van der Waals surface area contributed by atoms with Gasteiger partial charge in [0.05, 0.1) is 10.6 Å². The van der Waals surface area contributed by atoms with Gasteiger partial charge in [-0.25, -0.2) is 0 Å². The van der Waals surface area contributed by atoms with Crippen LogP contribution < -0.4 is 10.1 Å². The first-order valence-corrected chi connectivity index (χ1v) is 6.96. The van der Waals surface area contributed by atoms with Gasteiger partial charge in [-0.3, -0.25) is 4.79 Å². The van der Waals surface area contributed by atoms with Crippen molar-refractivity contribution in [2.24, 2.45) is 0 Å². The number of hydrogen-bond acceptors (Lipinski definition) is 2. The maximum Gasteiger partial charge on any atom is 0.257 e. The standard InChI is InChI=1S/C16H13Cl2NO2/c1-2-9-21-13-6-4-12(5-7-13)19-16(20)14-8-3-11(17)10-15(14)18/h2-8,10H,1,9H2,(H,19,20). The molecule has 1 N–H and O–H groups in total. The lowest BCUT2D eigenvalue weighted by Gasteiger charge is -2.08. The quantitative estimate of drug-likeness (QED) is 0.802. The number of carbonyl (C=O) groups excluding carboxylic acids is 1. The number of ether oxygens (including phenoxy) is 1. The van der Waals surface area contributed by atoms with Gasteiger partial charge < -0.3 is 10.1 Å². The molecule has 0 saturated heterocycles. The third-order valence-electron chi connectivity index (χ3n) is 2.66. The molecule has 0 aliphatic carbocycles. The lowest BCUT2D eigenvalue weighted by atomic mass is 10.2. The van der Waals surface area contributed by atoms with Crippen molar-refractivity contribution in [2.75, 3.05) is 11.9 Å². The summed E-state index contributed by atoms with van der Waals surface area (Å²) in [6.45, 7) is 4.01. The fourth-order valence-electron chi connectivity index (χ4n) is 1.66.